The van der Waals surface area contributed by atoms with Crippen molar-refractivity contribution in [2.75, 3.05) is 5.32 Å². The van der Waals surface area contributed by atoms with Gasteiger partial charge in [0.05, 0.1) is 17.7 Å². The third-order valence-electron chi connectivity index (χ3n) is 3.74. The molecule has 0 aliphatic heterocycles. The minimum atomic E-state index is -1.09. The Hall–Kier alpha value is -3.15. The summed E-state index contributed by atoms with van der Waals surface area (Å²) >= 11 is 0. The van der Waals surface area contributed by atoms with Crippen molar-refractivity contribution < 1.29 is 19.2 Å². The van der Waals surface area contributed by atoms with Crippen LogP contribution in [-0.2, 0) is 11.2 Å². The Bertz CT molecular complexity index is 943. The summed E-state index contributed by atoms with van der Waals surface area (Å²) in [7, 11) is 0. The molecule has 0 saturated heterocycles. The van der Waals surface area contributed by atoms with Crippen molar-refractivity contribution >= 4 is 28.5 Å². The highest BCUT2D eigenvalue weighted by molar-refractivity contribution is 6.01. The molecule has 3 aromatic rings. The van der Waals surface area contributed by atoms with Crippen LogP contribution in [0.15, 0.2) is 40.9 Å². The van der Waals surface area contributed by atoms with E-state index in [2.05, 4.69) is 10.5 Å². The first-order valence-corrected chi connectivity index (χ1v) is 7.43. The lowest BCUT2D eigenvalue weighted by Gasteiger charge is -2.07. The van der Waals surface area contributed by atoms with Gasteiger partial charge in [-0.2, -0.15) is 0 Å². The van der Waals surface area contributed by atoms with Crippen molar-refractivity contribution in [3.63, 3.8) is 0 Å². The van der Waals surface area contributed by atoms with Gasteiger partial charge in [-0.05, 0) is 43.2 Å². The maximum Gasteiger partial charge on any atom is 0.337 e. The van der Waals surface area contributed by atoms with Gasteiger partial charge in [-0.1, -0.05) is 23.4 Å². The zero-order valence-corrected chi connectivity index (χ0v) is 13.3. The monoisotopic (exact) mass is 324 g/mol. The van der Waals surface area contributed by atoms with Crippen LogP contribution >= 0.6 is 0 Å². The molecule has 1 aromatic heterocycles. The second kappa shape index (κ2) is 6.16. The van der Waals surface area contributed by atoms with Crippen LogP contribution in [0.3, 0.4) is 0 Å². The number of benzene rings is 2. The van der Waals surface area contributed by atoms with E-state index < -0.39 is 5.97 Å². The first-order chi connectivity index (χ1) is 11.5. The molecular formula is C18H16N2O4. The maximum absolute atomic E-state index is 12.3. The third kappa shape index (κ3) is 2.99. The lowest BCUT2D eigenvalue weighted by Crippen LogP contribution is -2.17. The summed E-state index contributed by atoms with van der Waals surface area (Å²) in [4.78, 5) is 23.5. The van der Waals surface area contributed by atoms with Crippen LogP contribution in [-0.4, -0.2) is 22.1 Å². The highest BCUT2D eigenvalue weighted by atomic mass is 16.5. The van der Waals surface area contributed by atoms with Crippen molar-refractivity contribution in [3.05, 3.63) is 58.8 Å². The lowest BCUT2D eigenvalue weighted by atomic mass is 10.1. The van der Waals surface area contributed by atoms with E-state index in [-0.39, 0.29) is 23.6 Å². The Morgan fingerprint density at radius 1 is 1.21 bits per heavy atom. The van der Waals surface area contributed by atoms with Gasteiger partial charge in [0.25, 0.3) is 0 Å². The molecule has 0 bridgehead atoms. The number of nitrogens with one attached hydrogen (secondary N) is 1. The summed E-state index contributed by atoms with van der Waals surface area (Å²) in [6.07, 6.45) is 0.00382. The van der Waals surface area contributed by atoms with Crippen LogP contribution in [0.4, 0.5) is 5.69 Å². The average Bonchev–Trinajstić information content (AvgIpc) is 2.90. The van der Waals surface area contributed by atoms with E-state index in [0.29, 0.717) is 11.3 Å². The Morgan fingerprint density at radius 3 is 2.71 bits per heavy atom. The van der Waals surface area contributed by atoms with Crippen molar-refractivity contribution in [3.8, 4) is 0 Å². The molecule has 0 spiro atoms. The highest BCUT2D eigenvalue weighted by Crippen LogP contribution is 2.24. The van der Waals surface area contributed by atoms with Gasteiger partial charge in [0.15, 0.2) is 5.58 Å². The second-order valence-corrected chi connectivity index (χ2v) is 5.66. The number of hydrogen-bond acceptors (Lipinski definition) is 4. The van der Waals surface area contributed by atoms with Crippen LogP contribution in [0, 0.1) is 13.8 Å². The van der Waals surface area contributed by atoms with Crippen LogP contribution in [0.1, 0.15) is 27.2 Å². The smallest absolute Gasteiger partial charge is 0.337 e. The van der Waals surface area contributed by atoms with Gasteiger partial charge in [0.2, 0.25) is 5.91 Å². The quantitative estimate of drug-likeness (QED) is 0.768. The van der Waals surface area contributed by atoms with Crippen molar-refractivity contribution in [1.29, 1.82) is 0 Å². The van der Waals surface area contributed by atoms with Gasteiger partial charge in [-0.25, -0.2) is 4.79 Å². The van der Waals surface area contributed by atoms with Crippen LogP contribution in [0.5, 0.6) is 0 Å². The predicted octanol–water partition coefficient (Wildman–Crippen LogP) is 3.32. The molecule has 3 rings (SSSR count). The molecule has 122 valence electrons. The Kier molecular flexibility index (Phi) is 4.04. The summed E-state index contributed by atoms with van der Waals surface area (Å²) < 4.78 is 5.32. The van der Waals surface area contributed by atoms with Gasteiger partial charge in [-0.15, -0.1) is 0 Å². The molecule has 2 aromatic carbocycles. The van der Waals surface area contributed by atoms with E-state index in [1.807, 2.05) is 26.0 Å². The summed E-state index contributed by atoms with van der Waals surface area (Å²) in [5, 5.41) is 16.6. The normalized spacial score (nSPS) is 10.8. The van der Waals surface area contributed by atoms with E-state index in [1.165, 1.54) is 6.07 Å². The minimum absolute atomic E-state index is 0.00382. The SMILES string of the molecule is Cc1cc(C)c2onc(CC(=O)Nc3ccccc3C(=O)O)c2c1. The van der Waals surface area contributed by atoms with Gasteiger partial charge in [0, 0.05) is 5.39 Å². The molecule has 0 unspecified atom stereocenters. The number of aryl methyl sites for hydroxylation is 2. The number of amides is 1. The van der Waals surface area contributed by atoms with E-state index >= 15 is 0 Å². The first kappa shape index (κ1) is 15.7. The number of carbonyl (C=O) groups is 2. The molecule has 1 heterocycles. The van der Waals surface area contributed by atoms with E-state index in [9.17, 15) is 9.59 Å². The van der Waals surface area contributed by atoms with Crippen LogP contribution in [0.2, 0.25) is 0 Å². The van der Waals surface area contributed by atoms with Crippen LogP contribution < -0.4 is 5.32 Å². The van der Waals surface area contributed by atoms with Crippen molar-refractivity contribution in [2.24, 2.45) is 0 Å². The number of hydrogen-bond donors (Lipinski definition) is 2. The summed E-state index contributed by atoms with van der Waals surface area (Å²) in [5.41, 5.74) is 3.51. The Labute approximate surface area is 138 Å². The molecule has 6 heteroatoms. The zero-order chi connectivity index (χ0) is 17.3. The number of aromatic nitrogens is 1. The van der Waals surface area contributed by atoms with Gasteiger partial charge >= 0.3 is 5.97 Å². The number of nitrogens with zero attached hydrogens (tertiary/aromatic N) is 1. The van der Waals surface area contributed by atoms with Gasteiger partial charge in [0.1, 0.15) is 5.69 Å². The van der Waals surface area contributed by atoms with E-state index in [1.54, 1.807) is 18.2 Å². The van der Waals surface area contributed by atoms with Crippen LogP contribution in [0.25, 0.3) is 11.0 Å². The largest absolute Gasteiger partial charge is 0.478 e. The fourth-order valence-electron chi connectivity index (χ4n) is 2.69. The van der Waals surface area contributed by atoms with Gasteiger partial charge in [-0.3, -0.25) is 4.79 Å². The topological polar surface area (TPSA) is 92.4 Å². The fraction of sp³-hybridized carbons (Fsp3) is 0.167. The molecule has 0 radical (unpaired) electrons. The molecule has 24 heavy (non-hydrogen) atoms. The Morgan fingerprint density at radius 2 is 1.96 bits per heavy atom. The molecule has 0 aliphatic carbocycles. The number of rotatable bonds is 4. The number of aromatic carboxylic acids is 1. The van der Waals surface area contributed by atoms with Crippen molar-refractivity contribution in [2.45, 2.75) is 20.3 Å². The molecule has 6 nitrogen and oxygen atoms in total. The summed E-state index contributed by atoms with van der Waals surface area (Å²) in [6, 6.07) is 10.2. The first-order valence-electron chi connectivity index (χ1n) is 7.43. The average molecular weight is 324 g/mol. The number of anilines is 1. The number of carboxylic acids is 1. The number of carbonyl (C=O) groups excluding carboxylic acids is 1. The van der Waals surface area contributed by atoms with Gasteiger partial charge < -0.3 is 14.9 Å². The van der Waals surface area contributed by atoms with E-state index in [0.717, 1.165) is 16.5 Å². The fourth-order valence-corrected chi connectivity index (χ4v) is 2.69. The van der Waals surface area contributed by atoms with Crippen molar-refractivity contribution in [1.82, 2.24) is 5.16 Å². The third-order valence-corrected chi connectivity index (χ3v) is 3.74. The summed E-state index contributed by atoms with van der Waals surface area (Å²) in [5.74, 6) is -1.44. The number of carboxylic acid groups (broad SMARTS) is 1. The summed E-state index contributed by atoms with van der Waals surface area (Å²) in [6.45, 7) is 3.89. The molecule has 0 aliphatic rings. The molecule has 0 saturated carbocycles. The molecule has 2 N–H and O–H groups in total. The standard InChI is InChI=1S/C18H16N2O4/c1-10-7-11(2)17-13(8-10)15(20-24-17)9-16(21)19-14-6-4-3-5-12(14)18(22)23/h3-8H,9H2,1-2H3,(H,19,21)(H,22,23). The molecule has 1 amide bonds. The van der Waals surface area contributed by atoms with E-state index in [4.69, 9.17) is 9.63 Å². The Balaban J connectivity index is 1.85. The highest BCUT2D eigenvalue weighted by Gasteiger charge is 2.16. The number of para-hydroxylation sites is 1. The minimum Gasteiger partial charge on any atom is -0.478 e. The maximum atomic E-state index is 12.3. The zero-order valence-electron chi connectivity index (χ0n) is 13.3. The number of fused-ring (bicyclic) bond motifs is 1. The lowest BCUT2D eigenvalue weighted by molar-refractivity contribution is -0.115. The molecule has 0 fully saturated rings. The molecule has 0 atom stereocenters. The predicted molar refractivity (Wildman–Crippen MR) is 89.2 cm³/mol. The molecular weight excluding hydrogens is 308 g/mol. The second-order valence-electron chi connectivity index (χ2n) is 5.66.